The van der Waals surface area contributed by atoms with Crippen LogP contribution in [-0.4, -0.2) is 79.4 Å². The first-order valence-corrected chi connectivity index (χ1v) is 10.7. The Labute approximate surface area is 157 Å². The third kappa shape index (κ3) is 4.26. The molecule has 2 aliphatic heterocycles. The van der Waals surface area contributed by atoms with E-state index in [-0.39, 0.29) is 5.60 Å². The first-order valence-electron chi connectivity index (χ1n) is 9.32. The monoisotopic (exact) mass is 382 g/mol. The number of aromatic nitrogens is 1. The Morgan fingerprint density at radius 2 is 1.96 bits per heavy atom. The third-order valence-corrected chi connectivity index (χ3v) is 7.34. The molecule has 26 heavy (non-hydrogen) atoms. The Morgan fingerprint density at radius 3 is 2.54 bits per heavy atom. The van der Waals surface area contributed by atoms with Crippen molar-refractivity contribution in [1.82, 2.24) is 18.5 Å². The van der Waals surface area contributed by atoms with Gasteiger partial charge in [0.15, 0.2) is 0 Å². The van der Waals surface area contributed by atoms with E-state index >= 15 is 0 Å². The molecule has 2 fully saturated rings. The molecule has 146 valence electrons. The van der Waals surface area contributed by atoms with Crippen LogP contribution in [0.25, 0.3) is 0 Å². The number of hydrogen-bond acceptors (Lipinski definition) is 5. The van der Waals surface area contributed by atoms with Crippen LogP contribution < -0.4 is 0 Å². The van der Waals surface area contributed by atoms with Crippen LogP contribution in [0.15, 0.2) is 18.3 Å². The van der Waals surface area contributed by atoms with Crippen LogP contribution in [0.1, 0.15) is 31.0 Å². The van der Waals surface area contributed by atoms with Gasteiger partial charge < -0.3 is 4.74 Å². The quantitative estimate of drug-likeness (QED) is 0.763. The van der Waals surface area contributed by atoms with Crippen LogP contribution in [0.3, 0.4) is 0 Å². The second-order valence-corrected chi connectivity index (χ2v) is 9.59. The van der Waals surface area contributed by atoms with Crippen molar-refractivity contribution in [1.29, 1.82) is 0 Å². The largest absolute Gasteiger partial charge is 0.372 e. The Kier molecular flexibility index (Phi) is 5.98. The van der Waals surface area contributed by atoms with E-state index in [1.54, 1.807) is 18.4 Å². The number of rotatable bonds is 5. The van der Waals surface area contributed by atoms with Gasteiger partial charge in [-0.15, -0.1) is 0 Å². The summed E-state index contributed by atoms with van der Waals surface area (Å²) >= 11 is 0. The zero-order valence-electron chi connectivity index (χ0n) is 16.0. The molecule has 8 heteroatoms. The molecule has 0 bridgehead atoms. The summed E-state index contributed by atoms with van der Waals surface area (Å²) in [5.74, 6) is 0. The number of piperidine rings is 1. The summed E-state index contributed by atoms with van der Waals surface area (Å²) in [6.45, 7) is 6.10. The summed E-state index contributed by atoms with van der Waals surface area (Å²) in [5, 5.41) is 0. The molecule has 2 saturated heterocycles. The molecule has 3 heterocycles. The van der Waals surface area contributed by atoms with Gasteiger partial charge in [-0.25, -0.2) is 0 Å². The number of hydrogen-bond donors (Lipinski definition) is 0. The molecule has 7 nitrogen and oxygen atoms in total. The van der Waals surface area contributed by atoms with E-state index in [1.165, 1.54) is 9.87 Å². The molecule has 0 atom stereocenters. The number of pyridine rings is 1. The molecule has 3 rings (SSSR count). The van der Waals surface area contributed by atoms with Gasteiger partial charge in [0.05, 0.1) is 17.9 Å². The van der Waals surface area contributed by atoms with Crippen LogP contribution in [0.5, 0.6) is 0 Å². The summed E-state index contributed by atoms with van der Waals surface area (Å²) in [6.07, 6.45) is 4.65. The van der Waals surface area contributed by atoms with Gasteiger partial charge in [0.1, 0.15) is 0 Å². The zero-order chi connectivity index (χ0) is 18.8. The fourth-order valence-electron chi connectivity index (χ4n) is 3.65. The average Bonchev–Trinajstić information content (AvgIpc) is 2.64. The second-order valence-electron chi connectivity index (χ2n) is 7.44. The number of morpholine rings is 1. The number of nitrogens with zero attached hydrogens (tertiary/aromatic N) is 4. The SMILES string of the molecule is CCc1ccc(CN2CCC3(CC2)CN(S(=O)(=O)N(C)C)CCO3)nc1. The van der Waals surface area contributed by atoms with E-state index in [0.29, 0.717) is 19.7 Å². The normalized spacial score (nSPS) is 22.2. The van der Waals surface area contributed by atoms with Crippen molar-refractivity contribution in [3.8, 4) is 0 Å². The van der Waals surface area contributed by atoms with Crippen molar-refractivity contribution in [3.05, 3.63) is 29.6 Å². The average molecular weight is 383 g/mol. The molecular formula is C18H30N4O3S. The summed E-state index contributed by atoms with van der Waals surface area (Å²) in [7, 11) is -0.220. The Hall–Kier alpha value is -1.06. The van der Waals surface area contributed by atoms with Crippen molar-refractivity contribution in [2.24, 2.45) is 0 Å². The highest BCUT2D eigenvalue weighted by Gasteiger charge is 2.43. The summed E-state index contributed by atoms with van der Waals surface area (Å²) in [4.78, 5) is 6.92. The molecule has 2 aliphatic rings. The fourth-order valence-corrected chi connectivity index (χ4v) is 4.81. The smallest absolute Gasteiger partial charge is 0.281 e. The van der Waals surface area contributed by atoms with Crippen LogP contribution in [0.4, 0.5) is 0 Å². The lowest BCUT2D eigenvalue weighted by atomic mass is 9.90. The highest BCUT2D eigenvalue weighted by atomic mass is 32.2. The summed E-state index contributed by atoms with van der Waals surface area (Å²) in [6, 6.07) is 4.24. The molecule has 1 aromatic heterocycles. The predicted molar refractivity (Wildman–Crippen MR) is 101 cm³/mol. The van der Waals surface area contributed by atoms with Gasteiger partial charge in [-0.1, -0.05) is 13.0 Å². The Morgan fingerprint density at radius 1 is 1.23 bits per heavy atom. The first kappa shape index (κ1) is 19.7. The number of aryl methyl sites for hydroxylation is 1. The van der Waals surface area contributed by atoms with Gasteiger partial charge in [0.25, 0.3) is 10.2 Å². The highest BCUT2D eigenvalue weighted by molar-refractivity contribution is 7.86. The molecular weight excluding hydrogens is 352 g/mol. The predicted octanol–water partition coefficient (Wildman–Crippen LogP) is 1.12. The lowest BCUT2D eigenvalue weighted by Gasteiger charge is -2.47. The highest BCUT2D eigenvalue weighted by Crippen LogP contribution is 2.31. The van der Waals surface area contributed by atoms with Gasteiger partial charge in [-0.05, 0) is 30.9 Å². The van der Waals surface area contributed by atoms with Crippen molar-refractivity contribution in [2.75, 3.05) is 46.9 Å². The molecule has 0 unspecified atom stereocenters. The van der Waals surface area contributed by atoms with Crippen LogP contribution >= 0.6 is 0 Å². The molecule has 0 saturated carbocycles. The maximum Gasteiger partial charge on any atom is 0.281 e. The topological polar surface area (TPSA) is 66.0 Å². The van der Waals surface area contributed by atoms with Gasteiger partial charge in [-0.2, -0.15) is 17.0 Å². The van der Waals surface area contributed by atoms with Crippen molar-refractivity contribution in [2.45, 2.75) is 38.3 Å². The molecule has 0 radical (unpaired) electrons. The molecule has 0 aliphatic carbocycles. The third-order valence-electron chi connectivity index (χ3n) is 5.45. The molecule has 1 aromatic rings. The molecule has 1 spiro atoms. The van der Waals surface area contributed by atoms with E-state index in [2.05, 4.69) is 28.9 Å². The standard InChI is InChI=1S/C18H30N4O3S/c1-4-16-5-6-17(19-13-16)14-21-9-7-18(8-10-21)15-22(11-12-25-18)26(23,24)20(2)3/h5-6,13H,4,7-12,14-15H2,1-3H3. The lowest BCUT2D eigenvalue weighted by molar-refractivity contribution is -0.120. The fraction of sp³-hybridized carbons (Fsp3) is 0.722. The maximum absolute atomic E-state index is 12.4. The van der Waals surface area contributed by atoms with E-state index in [4.69, 9.17) is 4.74 Å². The Balaban J connectivity index is 1.58. The summed E-state index contributed by atoms with van der Waals surface area (Å²) in [5.41, 5.74) is 1.99. The van der Waals surface area contributed by atoms with Gasteiger partial charge in [0.2, 0.25) is 0 Å². The number of likely N-dealkylation sites (tertiary alicyclic amines) is 1. The maximum atomic E-state index is 12.4. The zero-order valence-corrected chi connectivity index (χ0v) is 16.8. The van der Waals surface area contributed by atoms with Crippen LogP contribution in [-0.2, 0) is 27.9 Å². The van der Waals surface area contributed by atoms with Crippen molar-refractivity contribution >= 4 is 10.2 Å². The lowest BCUT2D eigenvalue weighted by Crippen LogP contribution is -2.59. The minimum atomic E-state index is -3.38. The van der Waals surface area contributed by atoms with E-state index in [9.17, 15) is 8.42 Å². The molecule has 0 N–H and O–H groups in total. The van der Waals surface area contributed by atoms with Crippen LogP contribution in [0.2, 0.25) is 0 Å². The van der Waals surface area contributed by atoms with Crippen LogP contribution in [0, 0.1) is 0 Å². The van der Waals surface area contributed by atoms with Crippen molar-refractivity contribution in [3.63, 3.8) is 0 Å². The minimum Gasteiger partial charge on any atom is -0.372 e. The summed E-state index contributed by atoms with van der Waals surface area (Å²) < 4.78 is 33.8. The van der Waals surface area contributed by atoms with Gasteiger partial charge >= 0.3 is 0 Å². The molecule has 0 aromatic carbocycles. The minimum absolute atomic E-state index is 0.350. The van der Waals surface area contributed by atoms with E-state index in [1.807, 2.05) is 6.20 Å². The van der Waals surface area contributed by atoms with Gasteiger partial charge in [0, 0.05) is 53.0 Å². The molecule has 0 amide bonds. The Bertz CT molecular complexity index is 698. The van der Waals surface area contributed by atoms with E-state index < -0.39 is 10.2 Å². The van der Waals surface area contributed by atoms with Crippen molar-refractivity contribution < 1.29 is 13.2 Å². The number of ether oxygens (including phenoxy) is 1. The van der Waals surface area contributed by atoms with E-state index in [0.717, 1.165) is 44.6 Å². The van der Waals surface area contributed by atoms with Gasteiger partial charge in [-0.3, -0.25) is 9.88 Å². The first-order chi connectivity index (χ1) is 12.3. The second kappa shape index (κ2) is 7.90.